The van der Waals surface area contributed by atoms with Crippen molar-refractivity contribution in [1.82, 2.24) is 0 Å². The standard InChI is InChI=1S/C19H31NO3S/c1-4-7-9-14-12-24-13-19(14)10-16(21)18(17(22)11-19)15(8-5-2)20-23-6-3/h14,18H,4-13H2,1-3H3. The van der Waals surface area contributed by atoms with E-state index in [2.05, 4.69) is 12.1 Å². The highest BCUT2D eigenvalue weighted by Crippen LogP contribution is 2.51. The number of unbranched alkanes of at least 4 members (excludes halogenated alkanes) is 1. The molecule has 1 saturated carbocycles. The van der Waals surface area contributed by atoms with Gasteiger partial charge < -0.3 is 4.84 Å². The quantitative estimate of drug-likeness (QED) is 0.371. The van der Waals surface area contributed by atoms with Gasteiger partial charge in [0.25, 0.3) is 0 Å². The Morgan fingerprint density at radius 3 is 2.50 bits per heavy atom. The lowest BCUT2D eigenvalue weighted by molar-refractivity contribution is -0.138. The number of carbonyl (C=O) groups is 2. The lowest BCUT2D eigenvalue weighted by Crippen LogP contribution is -2.47. The van der Waals surface area contributed by atoms with Gasteiger partial charge in [-0.2, -0.15) is 11.8 Å². The van der Waals surface area contributed by atoms with Crippen LogP contribution in [0.2, 0.25) is 0 Å². The molecule has 0 aromatic rings. The van der Waals surface area contributed by atoms with Crippen molar-refractivity contribution in [2.24, 2.45) is 22.4 Å². The van der Waals surface area contributed by atoms with Crippen LogP contribution in [0.1, 0.15) is 65.7 Å². The topological polar surface area (TPSA) is 55.7 Å². The number of hydrogen-bond acceptors (Lipinski definition) is 5. The highest BCUT2D eigenvalue weighted by Gasteiger charge is 2.52. The third-order valence-corrected chi connectivity index (χ3v) is 6.74. The van der Waals surface area contributed by atoms with Gasteiger partial charge in [-0.05, 0) is 36.9 Å². The summed E-state index contributed by atoms with van der Waals surface area (Å²) in [6.45, 7) is 6.56. The van der Waals surface area contributed by atoms with Crippen molar-refractivity contribution in [2.75, 3.05) is 18.1 Å². The molecule has 0 bridgehead atoms. The number of Topliss-reactive ketones (excluding diaryl/α,β-unsaturated/α-hetero) is 2. The second-order valence-corrected chi connectivity index (χ2v) is 8.22. The molecule has 5 heteroatoms. The minimum absolute atomic E-state index is 0.0714. The SMILES string of the molecule is CCCCC1CSCC12CC(=O)C(C(CCC)=NOCC)C(=O)C2. The monoisotopic (exact) mass is 353 g/mol. The van der Waals surface area contributed by atoms with Crippen molar-refractivity contribution in [3.05, 3.63) is 0 Å². The molecule has 1 spiro atoms. The highest BCUT2D eigenvalue weighted by atomic mass is 32.2. The van der Waals surface area contributed by atoms with Gasteiger partial charge in [-0.25, -0.2) is 0 Å². The Labute approximate surface area is 150 Å². The van der Waals surface area contributed by atoms with Crippen LogP contribution in [0.3, 0.4) is 0 Å². The maximum Gasteiger partial charge on any atom is 0.149 e. The van der Waals surface area contributed by atoms with E-state index in [4.69, 9.17) is 4.84 Å². The predicted octanol–water partition coefficient (Wildman–Crippen LogP) is 4.27. The number of hydrogen-bond donors (Lipinski definition) is 0. The summed E-state index contributed by atoms with van der Waals surface area (Å²) in [5, 5.41) is 4.11. The summed E-state index contributed by atoms with van der Waals surface area (Å²) < 4.78 is 0. The van der Waals surface area contributed by atoms with Crippen LogP contribution in [0, 0.1) is 17.3 Å². The van der Waals surface area contributed by atoms with Gasteiger partial charge in [-0.1, -0.05) is 38.3 Å². The van der Waals surface area contributed by atoms with E-state index in [0.29, 0.717) is 37.5 Å². The molecule has 0 radical (unpaired) electrons. The summed E-state index contributed by atoms with van der Waals surface area (Å²) in [4.78, 5) is 31.0. The van der Waals surface area contributed by atoms with E-state index in [9.17, 15) is 9.59 Å². The Bertz CT molecular complexity index is 471. The largest absolute Gasteiger partial charge is 0.396 e. The van der Waals surface area contributed by atoms with Crippen molar-refractivity contribution in [3.63, 3.8) is 0 Å². The Morgan fingerprint density at radius 1 is 1.21 bits per heavy atom. The highest BCUT2D eigenvalue weighted by molar-refractivity contribution is 7.99. The number of thioether (sulfide) groups is 1. The smallest absolute Gasteiger partial charge is 0.149 e. The molecule has 1 aliphatic carbocycles. The predicted molar refractivity (Wildman–Crippen MR) is 99.5 cm³/mol. The molecular formula is C19H31NO3S. The molecule has 0 amide bonds. The maximum absolute atomic E-state index is 12.9. The van der Waals surface area contributed by atoms with Crippen LogP contribution in [0.4, 0.5) is 0 Å². The second-order valence-electron chi connectivity index (χ2n) is 7.19. The average Bonchev–Trinajstić information content (AvgIpc) is 2.91. The summed E-state index contributed by atoms with van der Waals surface area (Å²) >= 11 is 1.92. The first-order valence-electron chi connectivity index (χ1n) is 9.39. The summed E-state index contributed by atoms with van der Waals surface area (Å²) in [6, 6.07) is 0. The second kappa shape index (κ2) is 9.02. The zero-order chi connectivity index (χ0) is 17.6. The molecule has 136 valence electrons. The molecule has 2 fully saturated rings. The molecule has 4 nitrogen and oxygen atoms in total. The van der Waals surface area contributed by atoms with Gasteiger partial charge in [-0.3, -0.25) is 9.59 Å². The van der Waals surface area contributed by atoms with Gasteiger partial charge >= 0.3 is 0 Å². The fourth-order valence-electron chi connectivity index (χ4n) is 4.09. The van der Waals surface area contributed by atoms with Gasteiger partial charge in [0.1, 0.15) is 24.1 Å². The number of carbonyl (C=O) groups excluding carboxylic acids is 2. The number of nitrogens with zero attached hydrogens (tertiary/aromatic N) is 1. The van der Waals surface area contributed by atoms with E-state index in [1.165, 1.54) is 12.8 Å². The number of oxime groups is 1. The fourth-order valence-corrected chi connectivity index (χ4v) is 5.86. The van der Waals surface area contributed by atoms with Crippen molar-refractivity contribution < 1.29 is 14.4 Å². The number of ketones is 2. The van der Waals surface area contributed by atoms with E-state index in [1.807, 2.05) is 25.6 Å². The van der Waals surface area contributed by atoms with Crippen LogP contribution < -0.4 is 0 Å². The minimum Gasteiger partial charge on any atom is -0.396 e. The number of rotatable bonds is 8. The third kappa shape index (κ3) is 4.22. The molecule has 1 aliphatic heterocycles. The van der Waals surface area contributed by atoms with Gasteiger partial charge in [0.2, 0.25) is 0 Å². The maximum atomic E-state index is 12.9. The van der Waals surface area contributed by atoms with Crippen molar-refractivity contribution in [1.29, 1.82) is 0 Å². The van der Waals surface area contributed by atoms with Crippen LogP contribution in [0.5, 0.6) is 0 Å². The van der Waals surface area contributed by atoms with E-state index >= 15 is 0 Å². The molecule has 2 rings (SSSR count). The van der Waals surface area contributed by atoms with E-state index < -0.39 is 5.92 Å². The van der Waals surface area contributed by atoms with Gasteiger partial charge in [0.05, 0.1) is 5.71 Å². The van der Waals surface area contributed by atoms with Gasteiger partial charge in [-0.15, -0.1) is 0 Å². The fraction of sp³-hybridized carbons (Fsp3) is 0.842. The third-order valence-electron chi connectivity index (χ3n) is 5.33. The summed E-state index contributed by atoms with van der Waals surface area (Å²) in [7, 11) is 0. The molecule has 0 aromatic heterocycles. The van der Waals surface area contributed by atoms with Crippen LogP contribution in [0.15, 0.2) is 5.16 Å². The molecule has 0 N–H and O–H groups in total. The molecule has 0 aromatic carbocycles. The molecule has 1 heterocycles. The summed E-state index contributed by atoms with van der Waals surface area (Å²) in [6.07, 6.45) is 6.10. The molecular weight excluding hydrogens is 322 g/mol. The Hall–Kier alpha value is -0.840. The zero-order valence-corrected chi connectivity index (χ0v) is 16.1. The Kier molecular flexibility index (Phi) is 7.33. The van der Waals surface area contributed by atoms with E-state index in [1.54, 1.807) is 0 Å². The Balaban J connectivity index is 2.16. The summed E-state index contributed by atoms with van der Waals surface area (Å²) in [5.74, 6) is 2.05. The first-order valence-corrected chi connectivity index (χ1v) is 10.5. The zero-order valence-electron chi connectivity index (χ0n) is 15.3. The summed E-state index contributed by atoms with van der Waals surface area (Å²) in [5.41, 5.74) is 0.549. The molecule has 1 unspecified atom stereocenters. The van der Waals surface area contributed by atoms with Gasteiger partial charge in [0.15, 0.2) is 0 Å². The van der Waals surface area contributed by atoms with Crippen LogP contribution in [0.25, 0.3) is 0 Å². The first kappa shape index (κ1) is 19.5. The molecule has 1 atom stereocenters. The average molecular weight is 354 g/mol. The van der Waals surface area contributed by atoms with E-state index in [-0.39, 0.29) is 17.0 Å². The normalized spacial score (nSPS) is 31.0. The molecule has 24 heavy (non-hydrogen) atoms. The first-order chi connectivity index (χ1) is 11.6. The Morgan fingerprint density at radius 2 is 1.92 bits per heavy atom. The molecule has 1 saturated heterocycles. The van der Waals surface area contributed by atoms with Crippen LogP contribution in [-0.2, 0) is 14.4 Å². The molecule has 2 aliphatic rings. The van der Waals surface area contributed by atoms with Gasteiger partial charge in [0, 0.05) is 18.6 Å². The van der Waals surface area contributed by atoms with Crippen LogP contribution >= 0.6 is 11.8 Å². The lowest BCUT2D eigenvalue weighted by Gasteiger charge is -2.39. The van der Waals surface area contributed by atoms with Crippen molar-refractivity contribution in [2.45, 2.75) is 65.7 Å². The van der Waals surface area contributed by atoms with Crippen molar-refractivity contribution in [3.8, 4) is 0 Å². The lowest BCUT2D eigenvalue weighted by atomic mass is 9.62. The van der Waals surface area contributed by atoms with Crippen molar-refractivity contribution >= 4 is 29.0 Å². The van der Waals surface area contributed by atoms with E-state index in [0.717, 1.165) is 24.3 Å². The van der Waals surface area contributed by atoms with Crippen LogP contribution in [-0.4, -0.2) is 35.4 Å². The minimum atomic E-state index is -0.653.